The number of anilines is 1. The van der Waals surface area contributed by atoms with E-state index in [4.69, 9.17) is 14.5 Å². The summed E-state index contributed by atoms with van der Waals surface area (Å²) in [4.78, 5) is 23.3. The van der Waals surface area contributed by atoms with Crippen molar-refractivity contribution in [3.8, 4) is 11.5 Å². The second-order valence-corrected chi connectivity index (χ2v) is 11.2. The van der Waals surface area contributed by atoms with Gasteiger partial charge in [0.2, 0.25) is 12.7 Å². The first-order valence-corrected chi connectivity index (χ1v) is 14.1. The topological polar surface area (TPSA) is 85.4 Å². The minimum absolute atomic E-state index is 0.206. The first-order valence-electron chi connectivity index (χ1n) is 14.1. The van der Waals surface area contributed by atoms with Crippen molar-refractivity contribution in [1.82, 2.24) is 15.3 Å². The molecule has 2 saturated carbocycles. The average molecular weight is 531 g/mol. The molecule has 2 aliphatic carbocycles. The maximum atomic E-state index is 13.9. The normalized spacial score (nSPS) is 21.5. The minimum atomic E-state index is -0.473. The Kier molecular flexibility index (Phi) is 7.11. The van der Waals surface area contributed by atoms with Gasteiger partial charge in [-0.15, -0.1) is 0 Å². The maximum Gasteiger partial charge on any atom is 0.255 e. The predicted molar refractivity (Wildman–Crippen MR) is 146 cm³/mol. The molecule has 0 unspecified atom stereocenters. The molecule has 0 atom stereocenters. The van der Waals surface area contributed by atoms with E-state index in [1.54, 1.807) is 6.20 Å². The molecular weight excluding hydrogens is 495 g/mol. The first kappa shape index (κ1) is 25.6. The molecular formula is C31H35FN4O3. The molecule has 8 heteroatoms. The number of ether oxygens (including phenoxy) is 2. The lowest BCUT2D eigenvalue weighted by Gasteiger charge is -2.32. The Labute approximate surface area is 228 Å². The van der Waals surface area contributed by atoms with Gasteiger partial charge in [-0.2, -0.15) is 0 Å². The standard InChI is InChI=1S/C31H35FN4O3/c1-20-4-11-24(12-5-20)35-30-34-18-25(29(37)33-17-21-6-13-26-27(16-21)39-19-38-26)28(36-30)31(14-2-3-15-31)22-7-9-23(32)10-8-22/h6-10,13,16,18,20,24H,2-5,11-12,14-15,17,19H2,1H3,(H,33,37)(H,34,35,36). The number of carbonyl (C=O) groups is 1. The van der Waals surface area contributed by atoms with E-state index in [9.17, 15) is 9.18 Å². The lowest BCUT2D eigenvalue weighted by Crippen LogP contribution is -2.33. The molecule has 3 aliphatic rings. The van der Waals surface area contributed by atoms with Gasteiger partial charge >= 0.3 is 0 Å². The summed E-state index contributed by atoms with van der Waals surface area (Å²) in [5, 5.41) is 6.61. The monoisotopic (exact) mass is 530 g/mol. The molecule has 2 fully saturated rings. The number of nitrogens with one attached hydrogen (secondary N) is 2. The molecule has 2 N–H and O–H groups in total. The summed E-state index contributed by atoms with van der Waals surface area (Å²) in [6, 6.07) is 12.7. The number of halogens is 1. The van der Waals surface area contributed by atoms with Crippen molar-refractivity contribution >= 4 is 11.9 Å². The van der Waals surface area contributed by atoms with Crippen molar-refractivity contribution in [2.75, 3.05) is 12.1 Å². The predicted octanol–water partition coefficient (Wildman–Crippen LogP) is 6.13. The maximum absolute atomic E-state index is 13.9. The molecule has 0 radical (unpaired) electrons. The summed E-state index contributed by atoms with van der Waals surface area (Å²) in [7, 11) is 0. The number of fused-ring (bicyclic) bond motifs is 1. The second kappa shape index (κ2) is 10.8. The summed E-state index contributed by atoms with van der Waals surface area (Å²) < 4.78 is 24.8. The quantitative estimate of drug-likeness (QED) is 0.383. The largest absolute Gasteiger partial charge is 0.454 e. The summed E-state index contributed by atoms with van der Waals surface area (Å²) >= 11 is 0. The molecule has 3 aromatic rings. The lowest BCUT2D eigenvalue weighted by atomic mass is 9.74. The van der Waals surface area contributed by atoms with E-state index in [0.29, 0.717) is 35.6 Å². The van der Waals surface area contributed by atoms with Crippen LogP contribution in [0.2, 0.25) is 0 Å². The van der Waals surface area contributed by atoms with Crippen LogP contribution in [0.4, 0.5) is 10.3 Å². The Balaban J connectivity index is 1.32. The van der Waals surface area contributed by atoms with Gasteiger partial charge in [0, 0.05) is 24.2 Å². The van der Waals surface area contributed by atoms with Crippen molar-refractivity contribution in [2.45, 2.75) is 76.3 Å². The number of carbonyl (C=O) groups excluding carboxylic acids is 1. The van der Waals surface area contributed by atoms with E-state index < -0.39 is 5.41 Å². The van der Waals surface area contributed by atoms with Crippen molar-refractivity contribution < 1.29 is 18.7 Å². The van der Waals surface area contributed by atoms with Crippen molar-refractivity contribution in [1.29, 1.82) is 0 Å². The van der Waals surface area contributed by atoms with E-state index in [2.05, 4.69) is 22.5 Å². The second-order valence-electron chi connectivity index (χ2n) is 11.2. The Morgan fingerprint density at radius 2 is 1.77 bits per heavy atom. The van der Waals surface area contributed by atoms with Gasteiger partial charge in [-0.25, -0.2) is 14.4 Å². The van der Waals surface area contributed by atoms with Gasteiger partial charge in [-0.3, -0.25) is 4.79 Å². The SMILES string of the molecule is CC1CCC(Nc2ncc(C(=O)NCc3ccc4c(c3)OCO4)c(C3(c4ccc(F)cc4)CCCC3)n2)CC1. The fraction of sp³-hybridized carbons (Fsp3) is 0.452. The first-order chi connectivity index (χ1) is 19.0. The molecule has 7 nitrogen and oxygen atoms in total. The fourth-order valence-electron chi connectivity index (χ4n) is 6.31. The number of benzene rings is 2. The Morgan fingerprint density at radius 1 is 1.03 bits per heavy atom. The van der Waals surface area contributed by atoms with Crippen LogP contribution >= 0.6 is 0 Å². The van der Waals surface area contributed by atoms with Crippen LogP contribution in [0.1, 0.15) is 85.5 Å². The summed E-state index contributed by atoms with van der Waals surface area (Å²) in [5.74, 6) is 2.19. The Bertz CT molecular complexity index is 1330. The van der Waals surface area contributed by atoms with Crippen LogP contribution in [0.3, 0.4) is 0 Å². The molecule has 0 spiro atoms. The fourth-order valence-corrected chi connectivity index (χ4v) is 6.31. The highest BCUT2D eigenvalue weighted by Crippen LogP contribution is 2.47. The molecule has 1 amide bonds. The number of amides is 1. The molecule has 39 heavy (non-hydrogen) atoms. The molecule has 0 bridgehead atoms. The highest BCUT2D eigenvalue weighted by molar-refractivity contribution is 5.95. The smallest absolute Gasteiger partial charge is 0.255 e. The van der Waals surface area contributed by atoms with Crippen molar-refractivity contribution in [2.24, 2.45) is 5.92 Å². The van der Waals surface area contributed by atoms with Crippen LogP contribution < -0.4 is 20.1 Å². The third-order valence-corrected chi connectivity index (χ3v) is 8.58. The van der Waals surface area contributed by atoms with E-state index in [1.165, 1.54) is 25.0 Å². The number of aromatic nitrogens is 2. The number of hydrogen-bond donors (Lipinski definition) is 2. The van der Waals surface area contributed by atoms with Gasteiger partial charge < -0.3 is 20.1 Å². The highest BCUT2D eigenvalue weighted by Gasteiger charge is 2.42. The molecule has 1 aromatic heterocycles. The Morgan fingerprint density at radius 3 is 2.54 bits per heavy atom. The molecule has 204 valence electrons. The summed E-state index contributed by atoms with van der Waals surface area (Å²) in [5.41, 5.74) is 2.61. The number of nitrogens with zero attached hydrogens (tertiary/aromatic N) is 2. The van der Waals surface area contributed by atoms with Crippen LogP contribution in [-0.2, 0) is 12.0 Å². The van der Waals surface area contributed by atoms with E-state index in [0.717, 1.165) is 61.3 Å². The van der Waals surface area contributed by atoms with Gasteiger partial charge in [0.1, 0.15) is 5.82 Å². The van der Waals surface area contributed by atoms with Crippen LogP contribution in [0.5, 0.6) is 11.5 Å². The lowest BCUT2D eigenvalue weighted by molar-refractivity contribution is 0.0947. The van der Waals surface area contributed by atoms with Crippen molar-refractivity contribution in [3.05, 3.63) is 76.9 Å². The van der Waals surface area contributed by atoms with E-state index in [-0.39, 0.29) is 18.5 Å². The Hall–Kier alpha value is -3.68. The number of hydrogen-bond acceptors (Lipinski definition) is 6. The van der Waals surface area contributed by atoms with Gasteiger partial charge in [0.25, 0.3) is 5.91 Å². The minimum Gasteiger partial charge on any atom is -0.454 e. The van der Waals surface area contributed by atoms with Crippen LogP contribution in [-0.4, -0.2) is 28.7 Å². The van der Waals surface area contributed by atoms with Crippen molar-refractivity contribution in [3.63, 3.8) is 0 Å². The molecule has 0 saturated heterocycles. The van der Waals surface area contributed by atoms with E-state index in [1.807, 2.05) is 30.3 Å². The van der Waals surface area contributed by atoms with E-state index >= 15 is 0 Å². The molecule has 1 aliphatic heterocycles. The van der Waals surface area contributed by atoms with Gasteiger partial charge in [-0.05, 0) is 79.8 Å². The van der Waals surface area contributed by atoms with Crippen LogP contribution in [0.25, 0.3) is 0 Å². The van der Waals surface area contributed by atoms with Gasteiger partial charge in [0.15, 0.2) is 11.5 Å². The zero-order valence-electron chi connectivity index (χ0n) is 22.3. The van der Waals surface area contributed by atoms with Gasteiger partial charge in [0.05, 0.1) is 11.3 Å². The summed E-state index contributed by atoms with van der Waals surface area (Å²) in [6.07, 6.45) is 9.92. The highest BCUT2D eigenvalue weighted by atomic mass is 19.1. The molecule has 2 heterocycles. The van der Waals surface area contributed by atoms with Gasteiger partial charge in [-0.1, -0.05) is 38.0 Å². The molecule has 6 rings (SSSR count). The summed E-state index contributed by atoms with van der Waals surface area (Å²) in [6.45, 7) is 2.84. The van der Waals surface area contributed by atoms with Crippen LogP contribution in [0, 0.1) is 11.7 Å². The molecule has 2 aromatic carbocycles. The zero-order chi connectivity index (χ0) is 26.8. The third kappa shape index (κ3) is 5.29. The van der Waals surface area contributed by atoms with Crippen LogP contribution in [0.15, 0.2) is 48.7 Å². The number of rotatable bonds is 7. The average Bonchev–Trinajstić information content (AvgIpc) is 3.64. The zero-order valence-corrected chi connectivity index (χ0v) is 22.3. The third-order valence-electron chi connectivity index (χ3n) is 8.58.